The molecule has 1 heterocycles. The van der Waals surface area contributed by atoms with Crippen LogP contribution in [0.3, 0.4) is 0 Å². The van der Waals surface area contributed by atoms with E-state index in [0.29, 0.717) is 24.9 Å². The lowest BCUT2D eigenvalue weighted by atomic mass is 10.4. The lowest BCUT2D eigenvalue weighted by Crippen LogP contribution is -2.30. The molecule has 1 saturated carbocycles. The second-order valence-electron chi connectivity index (χ2n) is 5.71. The van der Waals surface area contributed by atoms with Gasteiger partial charge in [-0.1, -0.05) is 0 Å². The van der Waals surface area contributed by atoms with E-state index in [-0.39, 0.29) is 17.6 Å². The van der Waals surface area contributed by atoms with Crippen molar-refractivity contribution in [3.05, 3.63) is 18.0 Å². The Balaban J connectivity index is 2.11. The second kappa shape index (κ2) is 6.48. The summed E-state index contributed by atoms with van der Waals surface area (Å²) in [5.41, 5.74) is 0.655. The van der Waals surface area contributed by atoms with Gasteiger partial charge in [-0.15, -0.1) is 0 Å². The van der Waals surface area contributed by atoms with Crippen LogP contribution in [-0.2, 0) is 21.4 Å². The van der Waals surface area contributed by atoms with Crippen LogP contribution in [0.1, 0.15) is 38.4 Å². The SMILES string of the molecule is CC(C)OCCN(C)S(=O)(=O)c1cc(CO)n(C2CC2)c1. The van der Waals surface area contributed by atoms with Crippen LogP contribution >= 0.6 is 0 Å². The van der Waals surface area contributed by atoms with Crippen molar-refractivity contribution in [3.63, 3.8) is 0 Å². The topological polar surface area (TPSA) is 71.8 Å². The summed E-state index contributed by atoms with van der Waals surface area (Å²) in [6, 6.07) is 1.90. The van der Waals surface area contributed by atoms with Crippen LogP contribution in [0.25, 0.3) is 0 Å². The predicted octanol–water partition coefficient (Wildman–Crippen LogP) is 1.36. The Hall–Kier alpha value is -0.890. The minimum Gasteiger partial charge on any atom is -0.390 e. The van der Waals surface area contributed by atoms with Gasteiger partial charge < -0.3 is 14.4 Å². The number of likely N-dealkylation sites (N-methyl/N-ethyl adjacent to an activating group) is 1. The average Bonchev–Trinajstić information content (AvgIpc) is 3.16. The first-order chi connectivity index (χ1) is 9.86. The van der Waals surface area contributed by atoms with E-state index < -0.39 is 10.0 Å². The molecule has 1 aromatic rings. The largest absolute Gasteiger partial charge is 0.390 e. The van der Waals surface area contributed by atoms with Gasteiger partial charge >= 0.3 is 0 Å². The van der Waals surface area contributed by atoms with Gasteiger partial charge in [0.25, 0.3) is 0 Å². The van der Waals surface area contributed by atoms with E-state index in [9.17, 15) is 13.5 Å². The highest BCUT2D eigenvalue weighted by atomic mass is 32.2. The Labute approximate surface area is 126 Å². The molecule has 0 radical (unpaired) electrons. The molecule has 1 aliphatic rings. The van der Waals surface area contributed by atoms with Crippen molar-refractivity contribution >= 4 is 10.0 Å². The summed E-state index contributed by atoms with van der Waals surface area (Å²) in [4.78, 5) is 0.241. The number of hydrogen-bond donors (Lipinski definition) is 1. The summed E-state index contributed by atoms with van der Waals surface area (Å²) in [5, 5.41) is 9.37. The molecular formula is C14H24N2O4S. The van der Waals surface area contributed by atoms with Crippen molar-refractivity contribution in [2.24, 2.45) is 0 Å². The Morgan fingerprint density at radius 1 is 1.48 bits per heavy atom. The van der Waals surface area contributed by atoms with Crippen molar-refractivity contribution < 1.29 is 18.3 Å². The van der Waals surface area contributed by atoms with Gasteiger partial charge in [-0.2, -0.15) is 4.31 Å². The Morgan fingerprint density at radius 2 is 2.14 bits per heavy atom. The van der Waals surface area contributed by atoms with Crippen LogP contribution in [0.4, 0.5) is 0 Å². The van der Waals surface area contributed by atoms with Crippen LogP contribution in [0.15, 0.2) is 17.2 Å². The van der Waals surface area contributed by atoms with E-state index in [1.807, 2.05) is 18.4 Å². The zero-order chi connectivity index (χ0) is 15.6. The van der Waals surface area contributed by atoms with Gasteiger partial charge in [0.2, 0.25) is 10.0 Å². The highest BCUT2D eigenvalue weighted by molar-refractivity contribution is 7.89. The molecule has 0 unspecified atom stereocenters. The first kappa shape index (κ1) is 16.5. The smallest absolute Gasteiger partial charge is 0.244 e. The summed E-state index contributed by atoms with van der Waals surface area (Å²) in [7, 11) is -1.99. The molecule has 0 amide bonds. The predicted molar refractivity (Wildman–Crippen MR) is 79.5 cm³/mol. The highest BCUT2D eigenvalue weighted by Crippen LogP contribution is 2.37. The van der Waals surface area contributed by atoms with Gasteiger partial charge in [-0.05, 0) is 32.8 Å². The Morgan fingerprint density at radius 3 is 2.67 bits per heavy atom. The first-order valence-electron chi connectivity index (χ1n) is 7.25. The Kier molecular flexibility index (Phi) is 5.08. The van der Waals surface area contributed by atoms with E-state index in [1.54, 1.807) is 19.3 Å². The molecule has 1 aliphatic carbocycles. The fourth-order valence-electron chi connectivity index (χ4n) is 2.17. The number of aliphatic hydroxyl groups is 1. The molecule has 0 aromatic carbocycles. The van der Waals surface area contributed by atoms with Crippen molar-refractivity contribution in [2.75, 3.05) is 20.2 Å². The molecule has 0 bridgehead atoms. The third kappa shape index (κ3) is 3.85. The molecule has 0 atom stereocenters. The monoisotopic (exact) mass is 316 g/mol. The zero-order valence-corrected chi connectivity index (χ0v) is 13.6. The number of hydrogen-bond acceptors (Lipinski definition) is 4. The molecule has 120 valence electrons. The van der Waals surface area contributed by atoms with Crippen LogP contribution in [0.5, 0.6) is 0 Å². The minimum atomic E-state index is -3.53. The number of sulfonamides is 1. The number of nitrogens with zero attached hydrogens (tertiary/aromatic N) is 2. The highest BCUT2D eigenvalue weighted by Gasteiger charge is 2.29. The van der Waals surface area contributed by atoms with E-state index in [0.717, 1.165) is 12.8 Å². The van der Waals surface area contributed by atoms with Crippen LogP contribution in [-0.4, -0.2) is 48.7 Å². The number of ether oxygens (including phenoxy) is 1. The molecule has 1 aromatic heterocycles. The summed E-state index contributed by atoms with van der Waals surface area (Å²) in [5.74, 6) is 0. The first-order valence-corrected chi connectivity index (χ1v) is 8.69. The van der Waals surface area contributed by atoms with Gasteiger partial charge in [-0.25, -0.2) is 8.42 Å². The van der Waals surface area contributed by atoms with Gasteiger partial charge in [0.15, 0.2) is 0 Å². The van der Waals surface area contributed by atoms with E-state index in [4.69, 9.17) is 4.74 Å². The summed E-state index contributed by atoms with van der Waals surface area (Å²) >= 11 is 0. The maximum absolute atomic E-state index is 12.5. The molecule has 0 saturated heterocycles. The second-order valence-corrected chi connectivity index (χ2v) is 7.75. The third-order valence-electron chi connectivity index (χ3n) is 3.57. The zero-order valence-electron chi connectivity index (χ0n) is 12.8. The quantitative estimate of drug-likeness (QED) is 0.786. The molecule has 0 spiro atoms. The molecule has 1 N–H and O–H groups in total. The maximum Gasteiger partial charge on any atom is 0.244 e. The molecule has 1 fully saturated rings. The lowest BCUT2D eigenvalue weighted by molar-refractivity contribution is 0.0737. The van der Waals surface area contributed by atoms with Gasteiger partial charge in [0.1, 0.15) is 4.90 Å². The van der Waals surface area contributed by atoms with Gasteiger partial charge in [0.05, 0.1) is 19.3 Å². The number of rotatable bonds is 8. The lowest BCUT2D eigenvalue weighted by Gasteiger charge is -2.17. The van der Waals surface area contributed by atoms with Crippen LogP contribution in [0, 0.1) is 0 Å². The molecule has 21 heavy (non-hydrogen) atoms. The molecule has 0 aliphatic heterocycles. The fourth-order valence-corrected chi connectivity index (χ4v) is 3.38. The van der Waals surface area contributed by atoms with Crippen LogP contribution < -0.4 is 0 Å². The molecule has 7 heteroatoms. The summed E-state index contributed by atoms with van der Waals surface area (Å²) in [6.07, 6.45) is 3.80. The van der Waals surface area contributed by atoms with Gasteiger partial charge in [-0.3, -0.25) is 0 Å². The van der Waals surface area contributed by atoms with Crippen molar-refractivity contribution in [1.82, 2.24) is 8.87 Å². The summed E-state index contributed by atoms with van der Waals surface area (Å²) in [6.45, 7) is 4.36. The molecule has 2 rings (SSSR count). The maximum atomic E-state index is 12.5. The minimum absolute atomic E-state index is 0.0815. The standard InChI is InChI=1S/C14H24N2O4S/c1-11(2)20-7-6-15(3)21(18,19)14-8-13(10-17)16(9-14)12-4-5-12/h8-9,11-12,17H,4-7,10H2,1-3H3. The van der Waals surface area contributed by atoms with Crippen LogP contribution in [0.2, 0.25) is 0 Å². The van der Waals surface area contributed by atoms with Gasteiger partial charge in [0, 0.05) is 31.5 Å². The summed E-state index contributed by atoms with van der Waals surface area (Å²) < 4.78 is 33.6. The average molecular weight is 316 g/mol. The van der Waals surface area contributed by atoms with Crippen molar-refractivity contribution in [3.8, 4) is 0 Å². The van der Waals surface area contributed by atoms with Crippen molar-refractivity contribution in [1.29, 1.82) is 0 Å². The normalized spacial score (nSPS) is 16.1. The number of aromatic nitrogens is 1. The van der Waals surface area contributed by atoms with Crippen molar-refractivity contribution in [2.45, 2.75) is 50.3 Å². The van der Waals surface area contributed by atoms with E-state index >= 15 is 0 Å². The van der Waals surface area contributed by atoms with E-state index in [2.05, 4.69) is 0 Å². The molecule has 6 nitrogen and oxygen atoms in total. The Bertz CT molecular complexity index is 576. The number of aliphatic hydroxyl groups excluding tert-OH is 1. The fraction of sp³-hybridized carbons (Fsp3) is 0.714. The third-order valence-corrected chi connectivity index (χ3v) is 5.40. The van der Waals surface area contributed by atoms with E-state index in [1.165, 1.54) is 4.31 Å². The molecular weight excluding hydrogens is 292 g/mol.